The van der Waals surface area contributed by atoms with E-state index in [0.29, 0.717) is 13.2 Å². The van der Waals surface area contributed by atoms with Gasteiger partial charge in [-0.2, -0.15) is 0 Å². The molecule has 0 aromatic carbocycles. The number of hydrogen-bond donors (Lipinski definition) is 1. The van der Waals surface area contributed by atoms with Gasteiger partial charge >= 0.3 is 0 Å². The molecule has 0 amide bonds. The lowest BCUT2D eigenvalue weighted by Crippen LogP contribution is -2.27. The summed E-state index contributed by atoms with van der Waals surface area (Å²) >= 11 is 0. The lowest BCUT2D eigenvalue weighted by Gasteiger charge is -2.26. The Bertz CT molecular complexity index is 390. The molecule has 2 aliphatic rings. The molecule has 0 aromatic rings. The topological polar surface area (TPSA) is 57.2 Å². The molecule has 2 fully saturated rings. The SMILES string of the molecule is CC1(C)OC[C@H](/C=C/C(CCCCCCCCO)OC2CCCCO2)O1. The van der Waals surface area contributed by atoms with Crippen molar-refractivity contribution < 1.29 is 24.1 Å². The Hall–Kier alpha value is -0.460. The highest BCUT2D eigenvalue weighted by molar-refractivity contribution is 4.97. The van der Waals surface area contributed by atoms with Crippen LogP contribution in [0.3, 0.4) is 0 Å². The summed E-state index contributed by atoms with van der Waals surface area (Å²) in [5.41, 5.74) is 0. The highest BCUT2D eigenvalue weighted by Crippen LogP contribution is 2.24. The molecule has 2 saturated heterocycles. The van der Waals surface area contributed by atoms with Crippen LogP contribution in [0.1, 0.15) is 78.1 Å². The van der Waals surface area contributed by atoms with Crippen molar-refractivity contribution in [2.24, 2.45) is 0 Å². The molecule has 0 spiro atoms. The van der Waals surface area contributed by atoms with Crippen molar-refractivity contribution in [3.8, 4) is 0 Å². The Balaban J connectivity index is 1.73. The predicted octanol–water partition coefficient (Wildman–Crippen LogP) is 4.33. The fourth-order valence-corrected chi connectivity index (χ4v) is 3.45. The van der Waals surface area contributed by atoms with Gasteiger partial charge in [-0.3, -0.25) is 0 Å². The van der Waals surface area contributed by atoms with Gasteiger partial charge in [-0.05, 0) is 46.0 Å². The third kappa shape index (κ3) is 8.96. The van der Waals surface area contributed by atoms with Crippen molar-refractivity contribution in [3.63, 3.8) is 0 Å². The molecule has 3 atom stereocenters. The summed E-state index contributed by atoms with van der Waals surface area (Å²) in [7, 11) is 0. The molecular formula is C21H38O5. The summed E-state index contributed by atoms with van der Waals surface area (Å²) in [5.74, 6) is -0.494. The van der Waals surface area contributed by atoms with Crippen LogP contribution < -0.4 is 0 Å². The lowest BCUT2D eigenvalue weighted by molar-refractivity contribution is -0.179. The molecule has 2 aliphatic heterocycles. The molecule has 0 saturated carbocycles. The van der Waals surface area contributed by atoms with Gasteiger partial charge in [0.15, 0.2) is 12.1 Å². The van der Waals surface area contributed by atoms with Crippen LogP contribution in [0.2, 0.25) is 0 Å². The largest absolute Gasteiger partial charge is 0.396 e. The van der Waals surface area contributed by atoms with Crippen molar-refractivity contribution in [2.45, 2.75) is 102 Å². The fraction of sp³-hybridized carbons (Fsp3) is 0.905. The van der Waals surface area contributed by atoms with Gasteiger partial charge in [0.05, 0.1) is 12.7 Å². The van der Waals surface area contributed by atoms with Crippen LogP contribution >= 0.6 is 0 Å². The smallest absolute Gasteiger partial charge is 0.163 e. The number of rotatable bonds is 12. The molecule has 2 unspecified atom stereocenters. The van der Waals surface area contributed by atoms with Gasteiger partial charge in [-0.15, -0.1) is 0 Å². The minimum absolute atomic E-state index is 0.00172. The van der Waals surface area contributed by atoms with E-state index >= 15 is 0 Å². The number of unbranched alkanes of at least 4 members (excludes halogenated alkanes) is 5. The molecular weight excluding hydrogens is 332 g/mol. The van der Waals surface area contributed by atoms with Crippen molar-refractivity contribution in [1.29, 1.82) is 0 Å². The van der Waals surface area contributed by atoms with Gasteiger partial charge in [-0.1, -0.05) is 44.3 Å². The molecule has 1 N–H and O–H groups in total. The van der Waals surface area contributed by atoms with E-state index < -0.39 is 5.79 Å². The number of aliphatic hydroxyl groups is 1. The van der Waals surface area contributed by atoms with E-state index in [4.69, 9.17) is 24.1 Å². The van der Waals surface area contributed by atoms with Gasteiger partial charge in [0, 0.05) is 13.2 Å². The van der Waals surface area contributed by atoms with E-state index in [-0.39, 0.29) is 18.5 Å². The van der Waals surface area contributed by atoms with E-state index in [9.17, 15) is 0 Å². The second-order valence-electron chi connectivity index (χ2n) is 7.86. The highest BCUT2D eigenvalue weighted by Gasteiger charge is 2.31. The van der Waals surface area contributed by atoms with Crippen molar-refractivity contribution in [3.05, 3.63) is 12.2 Å². The third-order valence-electron chi connectivity index (χ3n) is 4.93. The minimum atomic E-state index is -0.494. The van der Waals surface area contributed by atoms with Crippen molar-refractivity contribution >= 4 is 0 Å². The minimum Gasteiger partial charge on any atom is -0.396 e. The van der Waals surface area contributed by atoms with Gasteiger partial charge in [0.1, 0.15) is 6.10 Å². The highest BCUT2D eigenvalue weighted by atomic mass is 16.7. The first-order valence-electron chi connectivity index (χ1n) is 10.5. The summed E-state index contributed by atoms with van der Waals surface area (Å²) in [6.45, 7) is 5.61. The molecule has 5 heteroatoms. The van der Waals surface area contributed by atoms with E-state index in [1.807, 2.05) is 13.8 Å². The van der Waals surface area contributed by atoms with Crippen LogP contribution in [0.4, 0.5) is 0 Å². The van der Waals surface area contributed by atoms with Crippen LogP contribution in [-0.4, -0.2) is 49.2 Å². The number of hydrogen-bond acceptors (Lipinski definition) is 5. The molecule has 152 valence electrons. The Morgan fingerprint density at radius 2 is 1.88 bits per heavy atom. The Morgan fingerprint density at radius 3 is 2.54 bits per heavy atom. The maximum atomic E-state index is 8.82. The molecule has 0 aromatic heterocycles. The predicted molar refractivity (Wildman–Crippen MR) is 102 cm³/mol. The standard InChI is InChI=1S/C21H38O5/c1-21(2)24-17-19(26-21)14-13-18(25-20-12-8-10-16-23-20)11-7-5-3-4-6-9-15-22/h13-14,18-20,22H,3-12,15-17H2,1-2H3/b14-13+/t18?,19-,20?/m0/s1. The average molecular weight is 371 g/mol. The average Bonchev–Trinajstić information content (AvgIpc) is 2.98. The summed E-state index contributed by atoms with van der Waals surface area (Å²) in [5, 5.41) is 8.82. The normalized spacial score (nSPS) is 27.2. The quantitative estimate of drug-likeness (QED) is 0.409. The maximum absolute atomic E-state index is 8.82. The molecule has 0 bridgehead atoms. The summed E-state index contributed by atoms with van der Waals surface area (Å²) < 4.78 is 23.4. The first kappa shape index (κ1) is 21.8. The van der Waals surface area contributed by atoms with Crippen LogP contribution in [0.15, 0.2) is 12.2 Å². The van der Waals surface area contributed by atoms with E-state index in [2.05, 4.69) is 12.2 Å². The molecule has 5 nitrogen and oxygen atoms in total. The molecule has 26 heavy (non-hydrogen) atoms. The number of ether oxygens (including phenoxy) is 4. The van der Waals surface area contributed by atoms with Gasteiger partial charge in [-0.25, -0.2) is 0 Å². The molecule has 0 radical (unpaired) electrons. The summed E-state index contributed by atoms with van der Waals surface area (Å²) in [6.07, 6.45) is 15.4. The second-order valence-corrected chi connectivity index (χ2v) is 7.86. The first-order chi connectivity index (χ1) is 12.6. The zero-order chi connectivity index (χ0) is 18.7. The molecule has 2 rings (SSSR count). The Labute approximate surface area is 159 Å². The van der Waals surface area contributed by atoms with Crippen LogP contribution in [0.5, 0.6) is 0 Å². The lowest BCUT2D eigenvalue weighted by atomic mass is 10.1. The first-order valence-corrected chi connectivity index (χ1v) is 10.5. The van der Waals surface area contributed by atoms with Gasteiger partial charge in [0.2, 0.25) is 0 Å². The summed E-state index contributed by atoms with van der Waals surface area (Å²) in [4.78, 5) is 0. The van der Waals surface area contributed by atoms with Crippen molar-refractivity contribution in [1.82, 2.24) is 0 Å². The Morgan fingerprint density at radius 1 is 1.12 bits per heavy atom. The Kier molecular flexibility index (Phi) is 10.2. The van der Waals surface area contributed by atoms with Crippen molar-refractivity contribution in [2.75, 3.05) is 19.8 Å². The zero-order valence-electron chi connectivity index (χ0n) is 16.7. The van der Waals surface area contributed by atoms with Gasteiger partial charge < -0.3 is 24.1 Å². The van der Waals surface area contributed by atoms with Crippen LogP contribution in [0, 0.1) is 0 Å². The summed E-state index contributed by atoms with van der Waals surface area (Å²) in [6, 6.07) is 0. The third-order valence-corrected chi connectivity index (χ3v) is 4.93. The second kappa shape index (κ2) is 12.1. The number of aliphatic hydroxyl groups excluding tert-OH is 1. The van der Waals surface area contributed by atoms with Crippen LogP contribution in [0.25, 0.3) is 0 Å². The van der Waals surface area contributed by atoms with Crippen LogP contribution in [-0.2, 0) is 18.9 Å². The van der Waals surface area contributed by atoms with Gasteiger partial charge in [0.25, 0.3) is 0 Å². The van der Waals surface area contributed by atoms with E-state index in [0.717, 1.165) is 45.1 Å². The van der Waals surface area contributed by atoms with E-state index in [1.54, 1.807) is 0 Å². The fourth-order valence-electron chi connectivity index (χ4n) is 3.45. The maximum Gasteiger partial charge on any atom is 0.163 e. The molecule has 2 heterocycles. The monoisotopic (exact) mass is 370 g/mol. The molecule has 0 aliphatic carbocycles. The zero-order valence-corrected chi connectivity index (χ0v) is 16.7. The van der Waals surface area contributed by atoms with E-state index in [1.165, 1.54) is 25.7 Å².